The Morgan fingerprint density at radius 1 is 1.22 bits per heavy atom. The summed E-state index contributed by atoms with van der Waals surface area (Å²) in [4.78, 5) is 13.6. The fourth-order valence-electron chi connectivity index (χ4n) is 2.01. The number of likely N-dealkylation sites (tertiary alicyclic amines) is 1. The number of amides is 1. The Morgan fingerprint density at radius 2 is 1.89 bits per heavy atom. The second kappa shape index (κ2) is 7.74. The summed E-state index contributed by atoms with van der Waals surface area (Å²) in [6.07, 6.45) is 3.37. The van der Waals surface area contributed by atoms with Gasteiger partial charge >= 0.3 is 0 Å². The lowest BCUT2D eigenvalue weighted by molar-refractivity contribution is -0.130. The molecule has 0 radical (unpaired) electrons. The summed E-state index contributed by atoms with van der Waals surface area (Å²) in [7, 11) is -2.85. The molecule has 0 unspecified atom stereocenters. The average Bonchev–Trinajstić information content (AvgIpc) is 2.87. The number of hydrogen-bond acceptors (Lipinski definition) is 4. The number of rotatable bonds is 8. The molecular weight excluding hydrogens is 252 g/mol. The molecule has 1 aliphatic heterocycles. The van der Waals surface area contributed by atoms with Gasteiger partial charge in [0, 0.05) is 31.8 Å². The normalized spacial score (nSPS) is 16.2. The molecule has 0 spiro atoms. The van der Waals surface area contributed by atoms with Gasteiger partial charge in [-0.2, -0.15) is 0 Å². The number of nitrogens with zero attached hydrogens (tertiary/aromatic N) is 1. The lowest BCUT2D eigenvalue weighted by Crippen LogP contribution is -2.31. The van der Waals surface area contributed by atoms with Crippen molar-refractivity contribution in [2.24, 2.45) is 0 Å². The van der Waals surface area contributed by atoms with Gasteiger partial charge in [-0.05, 0) is 25.8 Å². The van der Waals surface area contributed by atoms with Crippen LogP contribution in [0.4, 0.5) is 0 Å². The van der Waals surface area contributed by atoms with Gasteiger partial charge in [0.15, 0.2) is 0 Å². The number of nitrogens with one attached hydrogen (secondary N) is 1. The van der Waals surface area contributed by atoms with Crippen molar-refractivity contribution in [3.8, 4) is 0 Å². The van der Waals surface area contributed by atoms with Gasteiger partial charge in [-0.25, -0.2) is 8.42 Å². The van der Waals surface area contributed by atoms with E-state index in [1.165, 1.54) is 0 Å². The van der Waals surface area contributed by atoms with Crippen molar-refractivity contribution < 1.29 is 13.2 Å². The fourth-order valence-corrected chi connectivity index (χ4v) is 2.88. The van der Waals surface area contributed by atoms with E-state index in [4.69, 9.17) is 0 Å². The van der Waals surface area contributed by atoms with Gasteiger partial charge < -0.3 is 10.2 Å². The summed E-state index contributed by atoms with van der Waals surface area (Å²) in [5.74, 6) is 0.651. The van der Waals surface area contributed by atoms with E-state index in [-0.39, 0.29) is 17.4 Å². The van der Waals surface area contributed by atoms with E-state index in [1.54, 1.807) is 6.92 Å². The summed E-state index contributed by atoms with van der Waals surface area (Å²) in [5, 5.41) is 3.12. The zero-order chi connectivity index (χ0) is 13.4. The molecule has 0 bridgehead atoms. The number of carbonyl (C=O) groups is 1. The zero-order valence-electron chi connectivity index (χ0n) is 11.2. The second-order valence-electron chi connectivity index (χ2n) is 4.68. The molecule has 0 aromatic carbocycles. The van der Waals surface area contributed by atoms with Gasteiger partial charge in [0.1, 0.15) is 9.84 Å². The Balaban J connectivity index is 2.00. The van der Waals surface area contributed by atoms with Crippen LogP contribution in [0, 0.1) is 0 Å². The molecule has 5 nitrogen and oxygen atoms in total. The molecule has 106 valence electrons. The van der Waals surface area contributed by atoms with Gasteiger partial charge in [0.25, 0.3) is 0 Å². The highest BCUT2D eigenvalue weighted by molar-refractivity contribution is 7.91. The van der Waals surface area contributed by atoms with Crippen molar-refractivity contribution in [3.05, 3.63) is 0 Å². The maximum Gasteiger partial charge on any atom is 0.223 e. The average molecular weight is 276 g/mol. The largest absolute Gasteiger partial charge is 0.343 e. The van der Waals surface area contributed by atoms with Crippen LogP contribution in [-0.4, -0.2) is 56.9 Å². The van der Waals surface area contributed by atoms with Crippen molar-refractivity contribution in [2.75, 3.05) is 37.7 Å². The van der Waals surface area contributed by atoms with Crippen molar-refractivity contribution in [3.63, 3.8) is 0 Å². The van der Waals surface area contributed by atoms with Crippen LogP contribution < -0.4 is 5.32 Å². The minimum absolute atomic E-state index is 0.209. The maximum atomic E-state index is 11.7. The predicted octanol–water partition coefficient (Wildman–Crippen LogP) is 0.413. The highest BCUT2D eigenvalue weighted by Crippen LogP contribution is 2.08. The van der Waals surface area contributed by atoms with E-state index >= 15 is 0 Å². The van der Waals surface area contributed by atoms with Crippen molar-refractivity contribution in [1.82, 2.24) is 10.2 Å². The summed E-state index contributed by atoms with van der Waals surface area (Å²) >= 11 is 0. The molecule has 1 saturated heterocycles. The molecule has 0 aromatic heterocycles. The van der Waals surface area contributed by atoms with Crippen molar-refractivity contribution >= 4 is 15.7 Å². The molecule has 0 aliphatic carbocycles. The molecule has 1 aliphatic rings. The zero-order valence-corrected chi connectivity index (χ0v) is 12.0. The van der Waals surface area contributed by atoms with E-state index in [0.29, 0.717) is 25.9 Å². The van der Waals surface area contributed by atoms with E-state index in [2.05, 4.69) is 5.32 Å². The standard InChI is InChI=1S/C12H24N2O3S/c1-2-18(16,17)11-5-7-13-8-6-12(15)14-9-3-4-10-14/h13H,2-11H2,1H3. The van der Waals surface area contributed by atoms with E-state index in [1.807, 2.05) is 4.90 Å². The molecular formula is C12H24N2O3S. The number of sulfone groups is 1. The minimum atomic E-state index is -2.85. The lowest BCUT2D eigenvalue weighted by Gasteiger charge is -2.15. The highest BCUT2D eigenvalue weighted by atomic mass is 32.2. The topological polar surface area (TPSA) is 66.5 Å². The van der Waals surface area contributed by atoms with E-state index in [0.717, 1.165) is 25.9 Å². The van der Waals surface area contributed by atoms with Crippen LogP contribution in [0.15, 0.2) is 0 Å². The van der Waals surface area contributed by atoms with Crippen molar-refractivity contribution in [1.29, 1.82) is 0 Å². The van der Waals surface area contributed by atoms with Gasteiger partial charge in [0.05, 0.1) is 5.75 Å². The highest BCUT2D eigenvalue weighted by Gasteiger charge is 2.16. The smallest absolute Gasteiger partial charge is 0.223 e. The van der Waals surface area contributed by atoms with Gasteiger partial charge in [-0.1, -0.05) is 6.92 Å². The van der Waals surface area contributed by atoms with Gasteiger partial charge in [-0.15, -0.1) is 0 Å². The van der Waals surface area contributed by atoms with Crippen LogP contribution in [0.25, 0.3) is 0 Å². The molecule has 1 rings (SSSR count). The third kappa shape index (κ3) is 5.82. The third-order valence-electron chi connectivity index (χ3n) is 3.22. The van der Waals surface area contributed by atoms with Gasteiger partial charge in [0.2, 0.25) is 5.91 Å². The fraction of sp³-hybridized carbons (Fsp3) is 0.917. The first-order valence-electron chi connectivity index (χ1n) is 6.74. The van der Waals surface area contributed by atoms with Crippen LogP contribution >= 0.6 is 0 Å². The molecule has 1 heterocycles. The summed E-state index contributed by atoms with van der Waals surface area (Å²) in [5.41, 5.74) is 0. The first-order valence-corrected chi connectivity index (χ1v) is 8.56. The minimum Gasteiger partial charge on any atom is -0.343 e. The molecule has 0 saturated carbocycles. The summed E-state index contributed by atoms with van der Waals surface area (Å²) < 4.78 is 22.5. The first kappa shape index (κ1) is 15.4. The van der Waals surface area contributed by atoms with Crippen LogP contribution in [0.3, 0.4) is 0 Å². The molecule has 0 aromatic rings. The molecule has 18 heavy (non-hydrogen) atoms. The SMILES string of the molecule is CCS(=O)(=O)CCCNCCC(=O)N1CCCC1. The van der Waals surface area contributed by atoms with Crippen LogP contribution in [-0.2, 0) is 14.6 Å². The molecule has 1 fully saturated rings. The molecule has 1 N–H and O–H groups in total. The van der Waals surface area contributed by atoms with E-state index in [9.17, 15) is 13.2 Å². The van der Waals surface area contributed by atoms with Crippen LogP contribution in [0.1, 0.15) is 32.6 Å². The Kier molecular flexibility index (Phi) is 6.63. The Hall–Kier alpha value is -0.620. The Morgan fingerprint density at radius 3 is 2.50 bits per heavy atom. The van der Waals surface area contributed by atoms with Gasteiger partial charge in [-0.3, -0.25) is 4.79 Å². The summed E-state index contributed by atoms with van der Waals surface area (Å²) in [6.45, 7) is 4.76. The van der Waals surface area contributed by atoms with Crippen LogP contribution in [0.5, 0.6) is 0 Å². The van der Waals surface area contributed by atoms with E-state index < -0.39 is 9.84 Å². The Labute approximate surface area is 110 Å². The lowest BCUT2D eigenvalue weighted by atomic mass is 10.3. The number of hydrogen-bond donors (Lipinski definition) is 1. The first-order chi connectivity index (χ1) is 8.55. The summed E-state index contributed by atoms with van der Waals surface area (Å²) in [6, 6.07) is 0. The monoisotopic (exact) mass is 276 g/mol. The van der Waals surface area contributed by atoms with Crippen molar-refractivity contribution in [2.45, 2.75) is 32.6 Å². The number of carbonyl (C=O) groups excluding carboxylic acids is 1. The maximum absolute atomic E-state index is 11.7. The molecule has 0 atom stereocenters. The Bertz CT molecular complexity index is 348. The third-order valence-corrected chi connectivity index (χ3v) is 5.01. The molecule has 6 heteroatoms. The predicted molar refractivity (Wildman–Crippen MR) is 72.2 cm³/mol. The van der Waals surface area contributed by atoms with Crippen LogP contribution in [0.2, 0.25) is 0 Å². The quantitative estimate of drug-likeness (QED) is 0.652. The second-order valence-corrected chi connectivity index (χ2v) is 7.15. The molecule has 1 amide bonds.